The van der Waals surface area contributed by atoms with E-state index in [2.05, 4.69) is 66.0 Å². The van der Waals surface area contributed by atoms with Crippen molar-refractivity contribution >= 4 is 39.8 Å². The minimum absolute atomic E-state index is 0. The zero-order valence-corrected chi connectivity index (χ0v) is 20.5. The number of benzene rings is 1. The van der Waals surface area contributed by atoms with E-state index in [1.54, 1.807) is 7.05 Å². The highest BCUT2D eigenvalue weighted by Crippen LogP contribution is 2.21. The van der Waals surface area contributed by atoms with Gasteiger partial charge in [0, 0.05) is 31.2 Å². The summed E-state index contributed by atoms with van der Waals surface area (Å²) in [6.07, 6.45) is 2.59. The molecule has 160 valence electrons. The summed E-state index contributed by atoms with van der Waals surface area (Å²) in [5.41, 5.74) is 1.19. The third-order valence-electron chi connectivity index (χ3n) is 5.57. The maximum absolute atomic E-state index is 11.7. The van der Waals surface area contributed by atoms with Gasteiger partial charge in [-0.1, -0.05) is 44.2 Å². The molecule has 0 amide bonds. The van der Waals surface area contributed by atoms with Crippen molar-refractivity contribution in [1.82, 2.24) is 16.0 Å². The van der Waals surface area contributed by atoms with Crippen LogP contribution >= 0.6 is 24.0 Å². The molecule has 6 nitrogen and oxygen atoms in total. The van der Waals surface area contributed by atoms with E-state index >= 15 is 0 Å². The van der Waals surface area contributed by atoms with E-state index in [1.807, 2.05) is 6.07 Å². The lowest BCUT2D eigenvalue weighted by Gasteiger charge is -2.37. The van der Waals surface area contributed by atoms with Crippen LogP contribution in [0, 0.1) is 0 Å². The van der Waals surface area contributed by atoms with Crippen LogP contribution in [0.1, 0.15) is 51.6 Å². The van der Waals surface area contributed by atoms with E-state index in [0.29, 0.717) is 12.4 Å². The lowest BCUT2D eigenvalue weighted by molar-refractivity contribution is 0.271. The second-order valence-corrected chi connectivity index (χ2v) is 9.66. The first-order valence-corrected chi connectivity index (χ1v) is 11.7. The predicted octanol–water partition coefficient (Wildman–Crippen LogP) is 2.87. The van der Waals surface area contributed by atoms with E-state index in [-0.39, 0.29) is 53.1 Å². The largest absolute Gasteiger partial charge is 0.355 e. The smallest absolute Gasteiger partial charge is 0.191 e. The van der Waals surface area contributed by atoms with E-state index in [9.17, 15) is 8.42 Å². The number of nitrogens with one attached hydrogen (secondary N) is 3. The van der Waals surface area contributed by atoms with Crippen molar-refractivity contribution in [3.05, 3.63) is 35.9 Å². The summed E-state index contributed by atoms with van der Waals surface area (Å²) in [7, 11) is -1.19. The SMILES string of the molecule is CCC(CC)(CNC(=NC)NC1CCS(=O)(=O)C1)NC(C)c1ccccc1.I. The quantitative estimate of drug-likeness (QED) is 0.278. The Hall–Kier alpha value is -0.870. The van der Waals surface area contributed by atoms with Gasteiger partial charge in [0.15, 0.2) is 15.8 Å². The van der Waals surface area contributed by atoms with Crippen LogP contribution < -0.4 is 16.0 Å². The zero-order valence-electron chi connectivity index (χ0n) is 17.4. The van der Waals surface area contributed by atoms with Gasteiger partial charge in [-0.3, -0.25) is 4.99 Å². The van der Waals surface area contributed by atoms with E-state index in [4.69, 9.17) is 0 Å². The number of aliphatic imine (C=N–C) groups is 1. The molecule has 0 aliphatic carbocycles. The molecule has 1 heterocycles. The monoisotopic (exact) mass is 522 g/mol. The summed E-state index contributed by atoms with van der Waals surface area (Å²) < 4.78 is 23.3. The molecule has 2 unspecified atom stereocenters. The molecule has 0 saturated carbocycles. The van der Waals surface area contributed by atoms with Crippen molar-refractivity contribution < 1.29 is 8.42 Å². The summed E-state index contributed by atoms with van der Waals surface area (Å²) in [4.78, 5) is 4.28. The van der Waals surface area contributed by atoms with Crippen LogP contribution in [-0.2, 0) is 9.84 Å². The fourth-order valence-electron chi connectivity index (χ4n) is 3.59. The van der Waals surface area contributed by atoms with Crippen LogP contribution in [0.3, 0.4) is 0 Å². The van der Waals surface area contributed by atoms with Gasteiger partial charge in [0.05, 0.1) is 11.5 Å². The Morgan fingerprint density at radius 2 is 1.89 bits per heavy atom. The van der Waals surface area contributed by atoms with Gasteiger partial charge in [-0.2, -0.15) is 0 Å². The van der Waals surface area contributed by atoms with Gasteiger partial charge in [-0.15, -0.1) is 24.0 Å². The van der Waals surface area contributed by atoms with E-state index < -0.39 is 9.84 Å². The molecule has 2 rings (SSSR count). The number of halogens is 1. The molecule has 1 aromatic rings. The van der Waals surface area contributed by atoms with Gasteiger partial charge in [0.1, 0.15) is 0 Å². The first kappa shape index (κ1) is 25.2. The maximum Gasteiger partial charge on any atom is 0.191 e. The molecule has 1 fully saturated rings. The summed E-state index contributed by atoms with van der Waals surface area (Å²) in [6, 6.07) is 10.6. The van der Waals surface area contributed by atoms with E-state index in [0.717, 1.165) is 19.4 Å². The fourth-order valence-corrected chi connectivity index (χ4v) is 5.26. The van der Waals surface area contributed by atoms with Crippen molar-refractivity contribution in [3.8, 4) is 0 Å². The van der Waals surface area contributed by atoms with Crippen LogP contribution in [0.15, 0.2) is 35.3 Å². The highest BCUT2D eigenvalue weighted by molar-refractivity contribution is 14.0. The van der Waals surface area contributed by atoms with Crippen molar-refractivity contribution in [1.29, 1.82) is 0 Å². The molecule has 1 aliphatic rings. The average molecular weight is 522 g/mol. The van der Waals surface area contributed by atoms with Crippen LogP contribution in [0.2, 0.25) is 0 Å². The summed E-state index contributed by atoms with van der Waals surface area (Å²) in [5.74, 6) is 1.10. The van der Waals surface area contributed by atoms with Crippen molar-refractivity contribution in [2.45, 2.75) is 57.7 Å². The Morgan fingerprint density at radius 3 is 2.39 bits per heavy atom. The molecular formula is C20H35IN4O2S. The molecule has 2 atom stereocenters. The van der Waals surface area contributed by atoms with Gasteiger partial charge in [-0.25, -0.2) is 8.42 Å². The maximum atomic E-state index is 11.7. The summed E-state index contributed by atoms with van der Waals surface area (Å²) in [5, 5.41) is 10.5. The van der Waals surface area contributed by atoms with Gasteiger partial charge >= 0.3 is 0 Å². The predicted molar refractivity (Wildman–Crippen MR) is 128 cm³/mol. The average Bonchev–Trinajstić information content (AvgIpc) is 3.02. The van der Waals surface area contributed by atoms with Crippen molar-refractivity contribution in [2.24, 2.45) is 4.99 Å². The number of rotatable bonds is 8. The number of nitrogens with zero attached hydrogens (tertiary/aromatic N) is 1. The standard InChI is InChI=1S/C20H34N4O2S.HI/c1-5-20(6-2,24-16(3)17-10-8-7-9-11-17)15-22-19(21-4)23-18-12-13-27(25,26)14-18;/h7-11,16,18,24H,5-6,12-15H2,1-4H3,(H2,21,22,23);1H. The van der Waals surface area contributed by atoms with Crippen molar-refractivity contribution in [2.75, 3.05) is 25.1 Å². The van der Waals surface area contributed by atoms with Gasteiger partial charge in [0.2, 0.25) is 0 Å². The molecule has 0 radical (unpaired) electrons. The Labute approximate surface area is 187 Å². The molecule has 3 N–H and O–H groups in total. The van der Waals surface area contributed by atoms with Crippen LogP contribution in [0.25, 0.3) is 0 Å². The summed E-state index contributed by atoms with van der Waals surface area (Å²) in [6.45, 7) is 7.29. The van der Waals surface area contributed by atoms with Gasteiger partial charge < -0.3 is 16.0 Å². The second kappa shape index (κ2) is 11.3. The molecule has 1 aromatic carbocycles. The van der Waals surface area contributed by atoms with Crippen LogP contribution in [0.5, 0.6) is 0 Å². The fraction of sp³-hybridized carbons (Fsp3) is 0.650. The lowest BCUT2D eigenvalue weighted by Crippen LogP contribution is -2.56. The number of hydrogen-bond acceptors (Lipinski definition) is 4. The number of hydrogen-bond donors (Lipinski definition) is 3. The minimum atomic E-state index is -2.91. The molecule has 0 spiro atoms. The first-order valence-electron chi connectivity index (χ1n) is 9.83. The molecule has 28 heavy (non-hydrogen) atoms. The second-order valence-electron chi connectivity index (χ2n) is 7.43. The highest BCUT2D eigenvalue weighted by atomic mass is 127. The highest BCUT2D eigenvalue weighted by Gasteiger charge is 2.30. The lowest BCUT2D eigenvalue weighted by atomic mass is 9.90. The molecular weight excluding hydrogens is 487 g/mol. The van der Waals surface area contributed by atoms with Crippen LogP contribution in [0.4, 0.5) is 0 Å². The Bertz CT molecular complexity index is 721. The van der Waals surface area contributed by atoms with Crippen LogP contribution in [-0.4, -0.2) is 51.1 Å². The van der Waals surface area contributed by atoms with E-state index in [1.165, 1.54) is 5.56 Å². The molecule has 0 bridgehead atoms. The molecule has 1 saturated heterocycles. The minimum Gasteiger partial charge on any atom is -0.355 e. The third kappa shape index (κ3) is 7.18. The Balaban J connectivity index is 0.00000392. The first-order chi connectivity index (χ1) is 12.8. The molecule has 8 heteroatoms. The normalized spacial score (nSPS) is 20.3. The zero-order chi connectivity index (χ0) is 19.9. The van der Waals surface area contributed by atoms with Gasteiger partial charge in [-0.05, 0) is 31.7 Å². The topological polar surface area (TPSA) is 82.6 Å². The molecule has 1 aliphatic heterocycles. The Kier molecular flexibility index (Phi) is 10.2. The van der Waals surface area contributed by atoms with Crippen molar-refractivity contribution in [3.63, 3.8) is 0 Å². The summed E-state index contributed by atoms with van der Waals surface area (Å²) >= 11 is 0. The third-order valence-corrected chi connectivity index (χ3v) is 7.33. The number of sulfone groups is 1. The Morgan fingerprint density at radius 1 is 1.25 bits per heavy atom. The molecule has 0 aromatic heterocycles. The van der Waals surface area contributed by atoms with Gasteiger partial charge in [0.25, 0.3) is 0 Å². The number of guanidine groups is 1.